The molecule has 7 nitrogen and oxygen atoms in total. The third-order valence-corrected chi connectivity index (χ3v) is 4.87. The second kappa shape index (κ2) is 8.48. The number of carbonyl (C=O) groups excluding carboxylic acids is 1. The maximum atomic E-state index is 12.9. The Bertz CT molecular complexity index is 916. The van der Waals surface area contributed by atoms with Crippen LogP contribution in [0.5, 0.6) is 11.5 Å². The molecular weight excluding hydrogens is 384 g/mol. The Morgan fingerprint density at radius 1 is 1.14 bits per heavy atom. The van der Waals surface area contributed by atoms with E-state index in [2.05, 4.69) is 0 Å². The van der Waals surface area contributed by atoms with Crippen molar-refractivity contribution in [2.24, 2.45) is 0 Å². The van der Waals surface area contributed by atoms with Crippen LogP contribution in [-0.2, 0) is 13.0 Å². The van der Waals surface area contributed by atoms with Gasteiger partial charge in [0, 0.05) is 25.2 Å². The van der Waals surface area contributed by atoms with E-state index in [1.54, 1.807) is 4.90 Å². The van der Waals surface area contributed by atoms with Crippen molar-refractivity contribution in [3.63, 3.8) is 0 Å². The number of nitro benzene ring substituents is 1. The molecule has 0 radical (unpaired) electrons. The maximum Gasteiger partial charge on any atom is 0.270 e. The summed E-state index contributed by atoms with van der Waals surface area (Å²) < 4.78 is 11.3. The minimum Gasteiger partial charge on any atom is -0.490 e. The van der Waals surface area contributed by atoms with Crippen molar-refractivity contribution >= 4 is 23.2 Å². The number of carbonyl (C=O) groups is 1. The summed E-state index contributed by atoms with van der Waals surface area (Å²) in [5, 5.41) is 10.9. The zero-order chi connectivity index (χ0) is 20.3. The fraction of sp³-hybridized carbons (Fsp3) is 0.350. The summed E-state index contributed by atoms with van der Waals surface area (Å²) in [5.74, 6) is 1.12. The van der Waals surface area contributed by atoms with Crippen LogP contribution in [0.2, 0.25) is 5.02 Å². The van der Waals surface area contributed by atoms with E-state index < -0.39 is 4.92 Å². The molecule has 0 aromatic heterocycles. The van der Waals surface area contributed by atoms with Gasteiger partial charge in [-0.15, -0.1) is 0 Å². The van der Waals surface area contributed by atoms with Crippen molar-refractivity contribution in [1.82, 2.24) is 4.90 Å². The van der Waals surface area contributed by atoms with Crippen LogP contribution >= 0.6 is 11.6 Å². The van der Waals surface area contributed by atoms with Gasteiger partial charge < -0.3 is 14.4 Å². The normalized spacial score (nSPS) is 13.0. The third-order valence-electron chi connectivity index (χ3n) is 4.56. The summed E-state index contributed by atoms with van der Waals surface area (Å²) in [6, 6.07) is 7.79. The molecule has 1 heterocycles. The average Bonchev–Trinajstić information content (AvgIpc) is 2.67. The molecule has 0 unspecified atom stereocenters. The van der Waals surface area contributed by atoms with Gasteiger partial charge in [0.1, 0.15) is 0 Å². The molecule has 3 rings (SSSR count). The van der Waals surface area contributed by atoms with E-state index in [-0.39, 0.29) is 22.2 Å². The van der Waals surface area contributed by atoms with E-state index in [0.717, 1.165) is 11.1 Å². The summed E-state index contributed by atoms with van der Waals surface area (Å²) in [7, 11) is 0. The zero-order valence-electron chi connectivity index (χ0n) is 15.7. The molecule has 0 saturated heterocycles. The Morgan fingerprint density at radius 2 is 1.79 bits per heavy atom. The number of amides is 1. The molecule has 2 aromatic rings. The predicted octanol–water partition coefficient (Wildman–Crippen LogP) is 4.24. The van der Waals surface area contributed by atoms with Crippen LogP contribution in [0.15, 0.2) is 30.3 Å². The van der Waals surface area contributed by atoms with E-state index in [4.69, 9.17) is 21.1 Å². The van der Waals surface area contributed by atoms with E-state index in [9.17, 15) is 14.9 Å². The fourth-order valence-corrected chi connectivity index (χ4v) is 3.49. The van der Waals surface area contributed by atoms with Crippen LogP contribution in [-0.4, -0.2) is 35.5 Å². The third kappa shape index (κ3) is 4.04. The van der Waals surface area contributed by atoms with E-state index >= 15 is 0 Å². The molecule has 0 bridgehead atoms. The Balaban J connectivity index is 1.85. The number of halogens is 1. The number of nitrogens with zero attached hydrogens (tertiary/aromatic N) is 2. The van der Waals surface area contributed by atoms with E-state index in [1.807, 2.05) is 26.0 Å². The van der Waals surface area contributed by atoms with Gasteiger partial charge in [0.15, 0.2) is 11.5 Å². The summed E-state index contributed by atoms with van der Waals surface area (Å²) in [5.41, 5.74) is 2.22. The second-order valence-corrected chi connectivity index (χ2v) is 6.74. The van der Waals surface area contributed by atoms with E-state index in [1.165, 1.54) is 18.2 Å². The number of non-ortho nitro benzene ring substituents is 1. The molecule has 1 amide bonds. The Hall–Kier alpha value is -2.80. The zero-order valence-corrected chi connectivity index (χ0v) is 16.5. The molecule has 2 aromatic carbocycles. The van der Waals surface area contributed by atoms with Gasteiger partial charge >= 0.3 is 0 Å². The number of fused-ring (bicyclic) bond motifs is 1. The minimum atomic E-state index is -0.539. The van der Waals surface area contributed by atoms with Crippen molar-refractivity contribution < 1.29 is 19.2 Å². The average molecular weight is 405 g/mol. The van der Waals surface area contributed by atoms with Crippen LogP contribution in [0.25, 0.3) is 0 Å². The molecule has 0 spiro atoms. The Kier molecular flexibility index (Phi) is 6.04. The summed E-state index contributed by atoms with van der Waals surface area (Å²) >= 11 is 6.12. The molecule has 0 N–H and O–H groups in total. The lowest BCUT2D eigenvalue weighted by atomic mass is 9.98. The Labute approximate surface area is 168 Å². The number of hydrogen-bond acceptors (Lipinski definition) is 5. The first kappa shape index (κ1) is 19.9. The summed E-state index contributed by atoms with van der Waals surface area (Å²) in [4.78, 5) is 24.9. The monoisotopic (exact) mass is 404 g/mol. The smallest absolute Gasteiger partial charge is 0.270 e. The van der Waals surface area contributed by atoms with Crippen LogP contribution in [0.4, 0.5) is 5.69 Å². The highest BCUT2D eigenvalue weighted by atomic mass is 35.5. The minimum absolute atomic E-state index is 0.0756. The molecule has 0 fully saturated rings. The lowest BCUT2D eigenvalue weighted by Crippen LogP contribution is -2.36. The first-order chi connectivity index (χ1) is 13.4. The van der Waals surface area contributed by atoms with Crippen LogP contribution in [0.3, 0.4) is 0 Å². The van der Waals surface area contributed by atoms with Gasteiger partial charge in [0.05, 0.1) is 28.7 Å². The highest BCUT2D eigenvalue weighted by Gasteiger charge is 2.26. The first-order valence-corrected chi connectivity index (χ1v) is 9.47. The number of hydrogen-bond donors (Lipinski definition) is 0. The SMILES string of the molecule is CCOc1cc2c(cc1OCC)CN(C(=O)c1ccc([N+](=O)[O-])cc1Cl)CC2. The molecule has 0 atom stereocenters. The van der Waals surface area contributed by atoms with Crippen molar-refractivity contribution in [2.45, 2.75) is 26.8 Å². The molecule has 28 heavy (non-hydrogen) atoms. The highest BCUT2D eigenvalue weighted by Crippen LogP contribution is 2.34. The highest BCUT2D eigenvalue weighted by molar-refractivity contribution is 6.34. The second-order valence-electron chi connectivity index (χ2n) is 6.33. The quantitative estimate of drug-likeness (QED) is 0.531. The number of rotatable bonds is 6. The number of ether oxygens (including phenoxy) is 2. The molecule has 148 valence electrons. The number of nitro groups is 1. The molecular formula is C20H21ClN2O5. The molecule has 1 aliphatic heterocycles. The fourth-order valence-electron chi connectivity index (χ4n) is 3.24. The van der Waals surface area contributed by atoms with Gasteiger partial charge in [-0.3, -0.25) is 14.9 Å². The largest absolute Gasteiger partial charge is 0.490 e. The molecule has 0 saturated carbocycles. The van der Waals surface area contributed by atoms with Crippen molar-refractivity contribution in [1.29, 1.82) is 0 Å². The van der Waals surface area contributed by atoms with Crippen LogP contribution < -0.4 is 9.47 Å². The van der Waals surface area contributed by atoms with Crippen LogP contribution in [0.1, 0.15) is 35.3 Å². The maximum absolute atomic E-state index is 12.9. The first-order valence-electron chi connectivity index (χ1n) is 9.09. The van der Waals surface area contributed by atoms with Gasteiger partial charge in [-0.05, 0) is 49.6 Å². The van der Waals surface area contributed by atoms with Gasteiger partial charge in [-0.25, -0.2) is 0 Å². The topological polar surface area (TPSA) is 81.9 Å². The van der Waals surface area contributed by atoms with Crippen molar-refractivity contribution in [3.05, 3.63) is 62.2 Å². The van der Waals surface area contributed by atoms with Crippen molar-refractivity contribution in [3.8, 4) is 11.5 Å². The molecule has 0 aliphatic carbocycles. The van der Waals surface area contributed by atoms with Gasteiger partial charge in [0.2, 0.25) is 0 Å². The summed E-state index contributed by atoms with van der Waals surface area (Å²) in [6.07, 6.45) is 0.679. The standard InChI is InChI=1S/C20H21ClN2O5/c1-3-27-18-9-13-7-8-22(12-14(13)10-19(18)28-4-2)20(24)16-6-5-15(23(25)26)11-17(16)21/h5-6,9-11H,3-4,7-8,12H2,1-2H3. The predicted molar refractivity (Wildman–Crippen MR) is 105 cm³/mol. The van der Waals surface area contributed by atoms with E-state index in [0.29, 0.717) is 44.2 Å². The van der Waals surface area contributed by atoms with Gasteiger partial charge in [-0.2, -0.15) is 0 Å². The summed E-state index contributed by atoms with van der Waals surface area (Å²) in [6.45, 7) is 5.82. The van der Waals surface area contributed by atoms with Crippen molar-refractivity contribution in [2.75, 3.05) is 19.8 Å². The molecule has 8 heteroatoms. The lowest BCUT2D eigenvalue weighted by Gasteiger charge is -2.30. The van der Waals surface area contributed by atoms with Gasteiger partial charge in [0.25, 0.3) is 11.6 Å². The van der Waals surface area contributed by atoms with Gasteiger partial charge in [-0.1, -0.05) is 11.6 Å². The van der Waals surface area contributed by atoms with Crippen LogP contribution in [0, 0.1) is 10.1 Å². The number of benzene rings is 2. The molecule has 1 aliphatic rings. The Morgan fingerprint density at radius 3 is 2.36 bits per heavy atom. The lowest BCUT2D eigenvalue weighted by molar-refractivity contribution is -0.384.